The van der Waals surface area contributed by atoms with Gasteiger partial charge in [0, 0.05) is 21.1 Å². The Labute approximate surface area is 114 Å². The summed E-state index contributed by atoms with van der Waals surface area (Å²) in [7, 11) is 0. The Balaban J connectivity index is 2.05. The first kappa shape index (κ1) is 13.2. The lowest BCUT2D eigenvalue weighted by Crippen LogP contribution is -2.16. The zero-order valence-electron chi connectivity index (χ0n) is 11.9. The third-order valence-corrected chi connectivity index (χ3v) is 4.59. The average molecular weight is 262 g/mol. The Bertz CT molecular complexity index is 509. The third kappa shape index (κ3) is 2.78. The van der Waals surface area contributed by atoms with Crippen LogP contribution in [0.4, 0.5) is 0 Å². The fourth-order valence-corrected chi connectivity index (χ4v) is 2.95. The maximum absolute atomic E-state index is 3.47. The largest absolute Gasteiger partial charge is 0.321 e. The first-order valence-corrected chi connectivity index (χ1v) is 7.17. The van der Waals surface area contributed by atoms with E-state index in [0.29, 0.717) is 0 Å². The van der Waals surface area contributed by atoms with Gasteiger partial charge in [-0.1, -0.05) is 20.8 Å². The molecule has 2 aromatic rings. The van der Waals surface area contributed by atoms with Gasteiger partial charge in [0.1, 0.15) is 0 Å². The van der Waals surface area contributed by atoms with Crippen molar-refractivity contribution >= 4 is 11.3 Å². The van der Waals surface area contributed by atoms with Gasteiger partial charge in [-0.2, -0.15) is 0 Å². The van der Waals surface area contributed by atoms with Gasteiger partial charge in [0.15, 0.2) is 0 Å². The number of nitrogens with zero attached hydrogens (tertiary/aromatic N) is 1. The van der Waals surface area contributed by atoms with Crippen LogP contribution in [0.3, 0.4) is 0 Å². The topological polar surface area (TPSA) is 17.0 Å². The summed E-state index contributed by atoms with van der Waals surface area (Å²) in [6.45, 7) is 11.9. The fourth-order valence-electron chi connectivity index (χ4n) is 1.95. The summed E-state index contributed by atoms with van der Waals surface area (Å²) in [5.41, 5.74) is 6.22. The molecule has 2 heterocycles. The second-order valence-electron chi connectivity index (χ2n) is 5.80. The van der Waals surface area contributed by atoms with Gasteiger partial charge < -0.3 is 5.43 Å². The highest BCUT2D eigenvalue weighted by Crippen LogP contribution is 2.29. The number of aryl methyl sites for hydroxylation is 2. The Kier molecular flexibility index (Phi) is 3.53. The first-order valence-electron chi connectivity index (χ1n) is 6.36. The van der Waals surface area contributed by atoms with Gasteiger partial charge in [-0.3, -0.25) is 4.68 Å². The summed E-state index contributed by atoms with van der Waals surface area (Å²) in [5, 5.41) is 0. The number of thiophene rings is 1. The Morgan fingerprint density at radius 3 is 2.17 bits per heavy atom. The Morgan fingerprint density at radius 2 is 1.67 bits per heavy atom. The minimum absolute atomic E-state index is 0.252. The van der Waals surface area contributed by atoms with Crippen LogP contribution in [0.15, 0.2) is 24.3 Å². The third-order valence-electron chi connectivity index (χ3n) is 3.08. The quantitative estimate of drug-likeness (QED) is 0.877. The summed E-state index contributed by atoms with van der Waals surface area (Å²) >= 11 is 1.90. The van der Waals surface area contributed by atoms with Crippen LogP contribution in [0.2, 0.25) is 0 Å². The highest BCUT2D eigenvalue weighted by Gasteiger charge is 2.15. The monoisotopic (exact) mass is 262 g/mol. The molecule has 0 saturated carbocycles. The maximum atomic E-state index is 3.47. The molecule has 0 atom stereocenters. The molecule has 2 nitrogen and oxygen atoms in total. The molecule has 0 aliphatic heterocycles. The van der Waals surface area contributed by atoms with Gasteiger partial charge in [0.25, 0.3) is 0 Å². The molecular formula is C15H22N2S. The van der Waals surface area contributed by atoms with Crippen molar-refractivity contribution in [1.29, 1.82) is 0 Å². The summed E-state index contributed by atoms with van der Waals surface area (Å²) < 4.78 is 2.15. The molecule has 0 saturated heterocycles. The Morgan fingerprint density at radius 1 is 1.06 bits per heavy atom. The number of hydrogen-bond donors (Lipinski definition) is 1. The summed E-state index contributed by atoms with van der Waals surface area (Å²) in [5.74, 6) is 0. The minimum atomic E-state index is 0.252. The van der Waals surface area contributed by atoms with Crippen LogP contribution >= 0.6 is 11.3 Å². The molecule has 0 unspecified atom stereocenters. The smallest absolute Gasteiger partial charge is 0.0657 e. The van der Waals surface area contributed by atoms with Gasteiger partial charge in [-0.15, -0.1) is 11.3 Å². The molecule has 18 heavy (non-hydrogen) atoms. The van der Waals surface area contributed by atoms with Crippen LogP contribution in [0.5, 0.6) is 0 Å². The molecule has 3 heteroatoms. The zero-order chi connectivity index (χ0) is 13.3. The normalized spacial score (nSPS) is 11.8. The highest BCUT2D eigenvalue weighted by molar-refractivity contribution is 7.12. The van der Waals surface area contributed by atoms with Crippen molar-refractivity contribution in [2.75, 3.05) is 5.43 Å². The van der Waals surface area contributed by atoms with Gasteiger partial charge in [0.05, 0.1) is 6.54 Å². The van der Waals surface area contributed by atoms with Crippen molar-refractivity contribution in [3.05, 3.63) is 45.4 Å². The lowest BCUT2D eigenvalue weighted by atomic mass is 9.95. The van der Waals surface area contributed by atoms with Crippen LogP contribution in [0.25, 0.3) is 0 Å². The first-order chi connectivity index (χ1) is 8.38. The van der Waals surface area contributed by atoms with E-state index in [2.05, 4.69) is 69.0 Å². The lowest BCUT2D eigenvalue weighted by Gasteiger charge is -2.15. The van der Waals surface area contributed by atoms with Crippen LogP contribution < -0.4 is 5.43 Å². The lowest BCUT2D eigenvalue weighted by molar-refractivity contribution is 0.604. The molecule has 0 spiro atoms. The van der Waals surface area contributed by atoms with Gasteiger partial charge in [-0.05, 0) is 43.5 Å². The molecular weight excluding hydrogens is 240 g/mol. The predicted octanol–water partition coefficient (Wildman–Crippen LogP) is 4.21. The molecule has 0 bridgehead atoms. The van der Waals surface area contributed by atoms with Gasteiger partial charge in [-0.25, -0.2) is 0 Å². The van der Waals surface area contributed by atoms with E-state index >= 15 is 0 Å². The second-order valence-corrected chi connectivity index (χ2v) is 6.97. The van der Waals surface area contributed by atoms with Crippen molar-refractivity contribution < 1.29 is 0 Å². The summed E-state index contributed by atoms with van der Waals surface area (Å²) in [6, 6.07) is 8.75. The molecule has 0 radical (unpaired) electrons. The fraction of sp³-hybridized carbons (Fsp3) is 0.467. The SMILES string of the molecule is Cc1ccc(C)n1NCc1ccc(C(C)(C)C)s1. The van der Waals surface area contributed by atoms with Crippen LogP contribution in [0.1, 0.15) is 41.9 Å². The molecule has 2 aromatic heterocycles. The molecule has 0 aromatic carbocycles. The molecule has 0 aliphatic carbocycles. The van der Waals surface area contributed by atoms with Crippen molar-refractivity contribution in [1.82, 2.24) is 4.68 Å². The zero-order valence-corrected chi connectivity index (χ0v) is 12.7. The molecule has 1 N–H and O–H groups in total. The van der Waals surface area contributed by atoms with E-state index in [1.165, 1.54) is 21.1 Å². The number of aromatic nitrogens is 1. The van der Waals surface area contributed by atoms with Crippen LogP contribution in [0, 0.1) is 13.8 Å². The number of rotatable bonds is 3. The van der Waals surface area contributed by atoms with E-state index in [1.54, 1.807) is 0 Å². The summed E-state index contributed by atoms with van der Waals surface area (Å²) in [6.07, 6.45) is 0. The van der Waals surface area contributed by atoms with Gasteiger partial charge in [0.2, 0.25) is 0 Å². The minimum Gasteiger partial charge on any atom is -0.321 e. The van der Waals surface area contributed by atoms with Crippen LogP contribution in [-0.4, -0.2) is 4.68 Å². The number of nitrogens with one attached hydrogen (secondary N) is 1. The average Bonchev–Trinajstić information content (AvgIpc) is 2.84. The standard InChI is InChI=1S/C15H22N2S/c1-11-6-7-12(2)17(11)16-10-13-8-9-14(18-13)15(3,4)5/h6-9,16H,10H2,1-5H3. The van der Waals surface area contributed by atoms with Crippen molar-refractivity contribution in [2.45, 2.75) is 46.6 Å². The second kappa shape index (κ2) is 4.81. The summed E-state index contributed by atoms with van der Waals surface area (Å²) in [4.78, 5) is 2.83. The van der Waals surface area contributed by atoms with Gasteiger partial charge >= 0.3 is 0 Å². The highest BCUT2D eigenvalue weighted by atomic mass is 32.1. The van der Waals surface area contributed by atoms with E-state index in [4.69, 9.17) is 0 Å². The number of hydrogen-bond acceptors (Lipinski definition) is 2. The van der Waals surface area contributed by atoms with E-state index in [-0.39, 0.29) is 5.41 Å². The molecule has 0 fully saturated rings. The Hall–Kier alpha value is -1.22. The van der Waals surface area contributed by atoms with Crippen molar-refractivity contribution in [3.63, 3.8) is 0 Å². The van der Waals surface area contributed by atoms with E-state index in [9.17, 15) is 0 Å². The van der Waals surface area contributed by atoms with Crippen LogP contribution in [-0.2, 0) is 12.0 Å². The molecule has 2 rings (SSSR count). The molecule has 0 amide bonds. The van der Waals surface area contributed by atoms with Crippen molar-refractivity contribution in [2.24, 2.45) is 0 Å². The predicted molar refractivity (Wildman–Crippen MR) is 80.0 cm³/mol. The van der Waals surface area contributed by atoms with Crippen molar-refractivity contribution in [3.8, 4) is 0 Å². The van der Waals surface area contributed by atoms with E-state index in [1.807, 2.05) is 11.3 Å². The van der Waals surface area contributed by atoms with E-state index < -0.39 is 0 Å². The molecule has 0 aliphatic rings. The van der Waals surface area contributed by atoms with E-state index in [0.717, 1.165) is 6.54 Å². The maximum Gasteiger partial charge on any atom is 0.0657 e. The molecule has 98 valence electrons.